The standard InChI is InChI=1S/C24H20N2O2.ClH/c27-18(15-25-14-6-8-17-7-5-13-23(28)24(17)25)16-26-21-11-3-1-9-19(21)20-10-2-4-12-22(20)26;/h1-14,18,27H,15-16H2;1H/p+1. The van der Waals surface area contributed by atoms with Crippen molar-refractivity contribution in [3.05, 3.63) is 85.1 Å². The average Bonchev–Trinajstić information content (AvgIpc) is 3.02. The SMILES string of the molecule is Cl.Oc1cccc2ccc[n+](CC(O)Cn3c4ccccc4c4ccccc43)c12. The number of aliphatic hydroxyl groups excluding tert-OH is 1. The van der Waals surface area contributed by atoms with E-state index in [1.165, 1.54) is 10.8 Å². The van der Waals surface area contributed by atoms with Crippen molar-refractivity contribution in [1.29, 1.82) is 0 Å². The Bertz CT molecular complexity index is 1250. The van der Waals surface area contributed by atoms with Crippen LogP contribution in [0.25, 0.3) is 32.7 Å². The number of pyridine rings is 1. The molecular formula is C24H22ClN2O2+. The summed E-state index contributed by atoms with van der Waals surface area (Å²) in [6.45, 7) is 0.876. The number of phenolic OH excluding ortho intramolecular Hbond substituents is 1. The van der Waals surface area contributed by atoms with Crippen LogP contribution in [0.2, 0.25) is 0 Å². The molecule has 0 aliphatic carbocycles. The quantitative estimate of drug-likeness (QED) is 0.435. The number of aliphatic hydroxyl groups is 1. The Labute approximate surface area is 174 Å². The molecule has 0 bridgehead atoms. The van der Waals surface area contributed by atoms with Crippen LogP contribution in [0.4, 0.5) is 0 Å². The number of hydrogen-bond donors (Lipinski definition) is 2. The van der Waals surface area contributed by atoms with Gasteiger partial charge in [-0.2, -0.15) is 4.57 Å². The monoisotopic (exact) mass is 405 g/mol. The number of phenols is 1. The fraction of sp³-hybridized carbons (Fsp3) is 0.125. The van der Waals surface area contributed by atoms with Crippen LogP contribution in [-0.2, 0) is 13.1 Å². The molecule has 0 fully saturated rings. The Morgan fingerprint density at radius 3 is 2.10 bits per heavy atom. The largest absolute Gasteiger partial charge is 0.502 e. The van der Waals surface area contributed by atoms with Gasteiger partial charge in [0.15, 0.2) is 18.5 Å². The van der Waals surface area contributed by atoms with E-state index in [2.05, 4.69) is 28.8 Å². The third-order valence-electron chi connectivity index (χ3n) is 5.36. The molecule has 0 amide bonds. The summed E-state index contributed by atoms with van der Waals surface area (Å²) >= 11 is 0. The van der Waals surface area contributed by atoms with Gasteiger partial charge in [0.25, 0.3) is 5.52 Å². The van der Waals surface area contributed by atoms with Crippen molar-refractivity contribution in [3.8, 4) is 5.75 Å². The third kappa shape index (κ3) is 3.31. The van der Waals surface area contributed by atoms with Crippen LogP contribution in [-0.4, -0.2) is 20.9 Å². The summed E-state index contributed by atoms with van der Waals surface area (Å²) in [7, 11) is 0. The van der Waals surface area contributed by atoms with Gasteiger partial charge in [-0.1, -0.05) is 42.5 Å². The lowest BCUT2D eigenvalue weighted by Gasteiger charge is -2.12. The predicted molar refractivity (Wildman–Crippen MR) is 119 cm³/mol. The highest BCUT2D eigenvalue weighted by Gasteiger charge is 2.19. The maximum atomic E-state index is 10.9. The van der Waals surface area contributed by atoms with Crippen molar-refractivity contribution in [2.24, 2.45) is 0 Å². The number of rotatable bonds is 4. The van der Waals surface area contributed by atoms with Crippen LogP contribution >= 0.6 is 12.4 Å². The first-order valence-electron chi connectivity index (χ1n) is 9.46. The summed E-state index contributed by atoms with van der Waals surface area (Å²) in [6.07, 6.45) is 1.30. The van der Waals surface area contributed by atoms with E-state index in [-0.39, 0.29) is 18.2 Å². The van der Waals surface area contributed by atoms with Gasteiger partial charge in [0, 0.05) is 27.9 Å². The molecule has 2 aromatic heterocycles. The van der Waals surface area contributed by atoms with E-state index in [9.17, 15) is 10.2 Å². The zero-order chi connectivity index (χ0) is 19.1. The molecule has 5 rings (SSSR count). The number of halogens is 1. The smallest absolute Gasteiger partial charge is 0.254 e. The lowest BCUT2D eigenvalue weighted by atomic mass is 10.2. The normalized spacial score (nSPS) is 12.3. The second kappa shape index (κ2) is 7.74. The van der Waals surface area contributed by atoms with Crippen LogP contribution in [0, 0.1) is 0 Å². The van der Waals surface area contributed by atoms with E-state index in [1.54, 1.807) is 6.07 Å². The molecule has 2 heterocycles. The number of fused-ring (bicyclic) bond motifs is 4. The van der Waals surface area contributed by atoms with Crippen molar-refractivity contribution < 1.29 is 14.8 Å². The summed E-state index contributed by atoms with van der Waals surface area (Å²) in [5.74, 6) is 0.224. The molecule has 5 heteroatoms. The summed E-state index contributed by atoms with van der Waals surface area (Å²) in [4.78, 5) is 0. The first-order valence-corrected chi connectivity index (χ1v) is 9.46. The van der Waals surface area contributed by atoms with Crippen molar-refractivity contribution in [1.82, 2.24) is 4.57 Å². The lowest BCUT2D eigenvalue weighted by molar-refractivity contribution is -0.679. The molecule has 146 valence electrons. The van der Waals surface area contributed by atoms with Crippen LogP contribution < -0.4 is 4.57 Å². The van der Waals surface area contributed by atoms with Crippen molar-refractivity contribution >= 4 is 45.1 Å². The average molecular weight is 406 g/mol. The van der Waals surface area contributed by atoms with Crippen LogP contribution in [0.3, 0.4) is 0 Å². The number of aromatic nitrogens is 2. The molecule has 1 atom stereocenters. The molecule has 5 aromatic rings. The van der Waals surface area contributed by atoms with Gasteiger partial charge in [-0.15, -0.1) is 12.4 Å². The first kappa shape index (κ1) is 19.2. The predicted octanol–water partition coefficient (Wildman–Crippen LogP) is 4.42. The molecule has 2 N–H and O–H groups in total. The molecule has 0 radical (unpaired) electrons. The highest BCUT2D eigenvalue weighted by molar-refractivity contribution is 6.07. The lowest BCUT2D eigenvalue weighted by Crippen LogP contribution is -2.41. The molecule has 3 aromatic carbocycles. The molecule has 29 heavy (non-hydrogen) atoms. The Hall–Kier alpha value is -3.08. The third-order valence-corrected chi connectivity index (χ3v) is 5.36. The molecule has 0 saturated heterocycles. The van der Waals surface area contributed by atoms with Crippen molar-refractivity contribution in [2.45, 2.75) is 19.2 Å². The van der Waals surface area contributed by atoms with Gasteiger partial charge in [0.05, 0.1) is 11.9 Å². The van der Waals surface area contributed by atoms with Gasteiger partial charge in [0.2, 0.25) is 0 Å². The van der Waals surface area contributed by atoms with Crippen molar-refractivity contribution in [2.75, 3.05) is 0 Å². The Morgan fingerprint density at radius 2 is 1.41 bits per heavy atom. The van der Waals surface area contributed by atoms with Gasteiger partial charge < -0.3 is 14.8 Å². The van der Waals surface area contributed by atoms with Gasteiger partial charge >= 0.3 is 0 Å². The molecule has 4 nitrogen and oxygen atoms in total. The van der Waals surface area contributed by atoms with Crippen molar-refractivity contribution in [3.63, 3.8) is 0 Å². The number of nitrogens with zero attached hydrogens (tertiary/aromatic N) is 2. The highest BCUT2D eigenvalue weighted by Crippen LogP contribution is 2.29. The molecule has 0 aliphatic heterocycles. The number of benzene rings is 3. The van der Waals surface area contributed by atoms with E-state index >= 15 is 0 Å². The maximum absolute atomic E-state index is 10.9. The Balaban J connectivity index is 0.00000205. The van der Waals surface area contributed by atoms with E-state index in [1.807, 2.05) is 59.3 Å². The maximum Gasteiger partial charge on any atom is 0.254 e. The fourth-order valence-corrected chi connectivity index (χ4v) is 4.17. The minimum atomic E-state index is -0.602. The van der Waals surface area contributed by atoms with Gasteiger partial charge in [-0.3, -0.25) is 0 Å². The van der Waals surface area contributed by atoms with E-state index in [0.29, 0.717) is 13.1 Å². The minimum absolute atomic E-state index is 0. The molecule has 0 spiro atoms. The minimum Gasteiger partial charge on any atom is -0.502 e. The summed E-state index contributed by atoms with van der Waals surface area (Å²) in [5.41, 5.74) is 2.98. The fourth-order valence-electron chi connectivity index (χ4n) is 4.17. The zero-order valence-corrected chi connectivity index (χ0v) is 16.6. The number of para-hydroxylation sites is 3. The van der Waals surface area contributed by atoms with Crippen LogP contribution in [0.5, 0.6) is 5.75 Å². The molecule has 0 aliphatic rings. The van der Waals surface area contributed by atoms with Gasteiger partial charge in [-0.25, -0.2) is 0 Å². The van der Waals surface area contributed by atoms with E-state index < -0.39 is 6.10 Å². The van der Waals surface area contributed by atoms with Gasteiger partial charge in [-0.05, 0) is 30.3 Å². The Morgan fingerprint density at radius 1 is 0.793 bits per heavy atom. The first-order chi connectivity index (χ1) is 13.7. The molecule has 1 unspecified atom stereocenters. The molecule has 0 saturated carbocycles. The van der Waals surface area contributed by atoms with Crippen LogP contribution in [0.1, 0.15) is 0 Å². The second-order valence-electron chi connectivity index (χ2n) is 7.17. The van der Waals surface area contributed by atoms with Crippen LogP contribution in [0.15, 0.2) is 85.1 Å². The summed E-state index contributed by atoms with van der Waals surface area (Å²) in [5, 5.41) is 24.6. The second-order valence-corrected chi connectivity index (χ2v) is 7.17. The molecular weight excluding hydrogens is 384 g/mol. The van der Waals surface area contributed by atoms with E-state index in [4.69, 9.17) is 0 Å². The number of hydrogen-bond acceptors (Lipinski definition) is 2. The zero-order valence-electron chi connectivity index (χ0n) is 15.8. The number of aromatic hydroxyl groups is 1. The van der Waals surface area contributed by atoms with Gasteiger partial charge in [0.1, 0.15) is 6.10 Å². The Kier molecular flexibility index (Phi) is 5.14. The summed E-state index contributed by atoms with van der Waals surface area (Å²) < 4.78 is 4.10. The topological polar surface area (TPSA) is 49.3 Å². The highest BCUT2D eigenvalue weighted by atomic mass is 35.5. The summed E-state index contributed by atoms with van der Waals surface area (Å²) in [6, 6.07) is 26.0. The van der Waals surface area contributed by atoms with E-state index in [0.717, 1.165) is 21.9 Å².